The summed E-state index contributed by atoms with van der Waals surface area (Å²) in [5, 5.41) is 5.89. The van der Waals surface area contributed by atoms with Crippen LogP contribution >= 0.6 is 12.4 Å². The lowest BCUT2D eigenvalue weighted by molar-refractivity contribution is -0.114. The fourth-order valence-corrected chi connectivity index (χ4v) is 2.10. The first-order chi connectivity index (χ1) is 10.3. The van der Waals surface area contributed by atoms with Crippen molar-refractivity contribution in [2.24, 2.45) is 0 Å². The molecule has 1 heterocycles. The third kappa shape index (κ3) is 3.83. The van der Waals surface area contributed by atoms with E-state index in [9.17, 15) is 4.79 Å². The molecule has 0 aromatic heterocycles. The van der Waals surface area contributed by atoms with E-state index in [-0.39, 0.29) is 24.9 Å². The molecular formula is C16H17ClN2O3. The molecular weight excluding hydrogens is 304 g/mol. The van der Waals surface area contributed by atoms with Crippen LogP contribution in [0.25, 0.3) is 0 Å². The number of anilines is 2. The minimum absolute atomic E-state index is 0. The topological polar surface area (TPSA) is 59.6 Å². The fourth-order valence-electron chi connectivity index (χ4n) is 2.10. The molecule has 22 heavy (non-hydrogen) atoms. The van der Waals surface area contributed by atoms with Crippen molar-refractivity contribution in [2.45, 2.75) is 0 Å². The average Bonchev–Trinajstić information content (AvgIpc) is 2.54. The number of amides is 1. The lowest BCUT2D eigenvalue weighted by Crippen LogP contribution is -2.23. The third-order valence-corrected chi connectivity index (χ3v) is 3.07. The van der Waals surface area contributed by atoms with Crippen molar-refractivity contribution in [2.75, 3.05) is 30.4 Å². The summed E-state index contributed by atoms with van der Waals surface area (Å²) in [6, 6.07) is 15.0. The van der Waals surface area contributed by atoms with Gasteiger partial charge in [-0.1, -0.05) is 24.3 Å². The zero-order chi connectivity index (χ0) is 14.5. The molecule has 0 radical (unpaired) electrons. The van der Waals surface area contributed by atoms with E-state index in [0.717, 1.165) is 5.69 Å². The van der Waals surface area contributed by atoms with Gasteiger partial charge in [-0.2, -0.15) is 0 Å². The van der Waals surface area contributed by atoms with Gasteiger partial charge in [-0.3, -0.25) is 4.79 Å². The third-order valence-electron chi connectivity index (χ3n) is 3.07. The molecule has 0 saturated heterocycles. The van der Waals surface area contributed by atoms with Crippen molar-refractivity contribution in [3.8, 4) is 11.5 Å². The van der Waals surface area contributed by atoms with E-state index in [1.165, 1.54) is 0 Å². The van der Waals surface area contributed by atoms with Crippen molar-refractivity contribution < 1.29 is 14.3 Å². The number of hydrogen-bond donors (Lipinski definition) is 2. The van der Waals surface area contributed by atoms with E-state index in [4.69, 9.17) is 9.47 Å². The molecule has 2 aromatic carbocycles. The summed E-state index contributed by atoms with van der Waals surface area (Å²) in [6.07, 6.45) is 0. The van der Waals surface area contributed by atoms with E-state index in [2.05, 4.69) is 10.6 Å². The maximum Gasteiger partial charge on any atom is 0.243 e. The monoisotopic (exact) mass is 320 g/mol. The van der Waals surface area contributed by atoms with Gasteiger partial charge in [-0.25, -0.2) is 0 Å². The molecule has 5 nitrogen and oxygen atoms in total. The summed E-state index contributed by atoms with van der Waals surface area (Å²) in [4.78, 5) is 12.0. The van der Waals surface area contributed by atoms with Crippen LogP contribution < -0.4 is 20.1 Å². The average molecular weight is 321 g/mol. The van der Waals surface area contributed by atoms with Gasteiger partial charge in [0, 0.05) is 5.69 Å². The number of halogens is 1. The second-order valence-electron chi connectivity index (χ2n) is 4.60. The molecule has 1 aliphatic rings. The maximum absolute atomic E-state index is 12.0. The molecule has 2 N–H and O–H groups in total. The largest absolute Gasteiger partial charge is 0.486 e. The van der Waals surface area contributed by atoms with Crippen LogP contribution in [-0.2, 0) is 4.79 Å². The Morgan fingerprint density at radius 1 is 1.00 bits per heavy atom. The Balaban J connectivity index is 0.00000176. The number of hydrogen-bond acceptors (Lipinski definition) is 4. The number of fused-ring (bicyclic) bond motifs is 1. The number of ether oxygens (including phenoxy) is 2. The van der Waals surface area contributed by atoms with E-state index in [0.29, 0.717) is 30.4 Å². The molecule has 0 fully saturated rings. The predicted molar refractivity (Wildman–Crippen MR) is 88.2 cm³/mol. The van der Waals surface area contributed by atoms with Crippen LogP contribution in [-0.4, -0.2) is 25.7 Å². The summed E-state index contributed by atoms with van der Waals surface area (Å²) in [5.74, 6) is 1.12. The summed E-state index contributed by atoms with van der Waals surface area (Å²) in [7, 11) is 0. The molecule has 0 unspecified atom stereocenters. The van der Waals surface area contributed by atoms with E-state index < -0.39 is 0 Å². The van der Waals surface area contributed by atoms with Crippen LogP contribution in [0.4, 0.5) is 11.4 Å². The Hall–Kier alpha value is -2.40. The molecule has 1 aliphatic heterocycles. The van der Waals surface area contributed by atoms with Gasteiger partial charge >= 0.3 is 0 Å². The molecule has 3 rings (SSSR count). The highest BCUT2D eigenvalue weighted by molar-refractivity contribution is 5.95. The van der Waals surface area contributed by atoms with E-state index >= 15 is 0 Å². The smallest absolute Gasteiger partial charge is 0.243 e. The molecule has 0 aliphatic carbocycles. The first-order valence-corrected chi connectivity index (χ1v) is 6.80. The van der Waals surface area contributed by atoms with Crippen molar-refractivity contribution in [3.05, 3.63) is 48.5 Å². The van der Waals surface area contributed by atoms with Gasteiger partial charge in [-0.15, -0.1) is 12.4 Å². The van der Waals surface area contributed by atoms with Crippen molar-refractivity contribution in [1.82, 2.24) is 0 Å². The Labute approximate surface area is 135 Å². The Morgan fingerprint density at radius 3 is 2.59 bits per heavy atom. The predicted octanol–water partition coefficient (Wildman–Crippen LogP) is 2.93. The standard InChI is InChI=1S/C16H16N2O3.ClH/c19-15(11-17-12-5-2-1-3-6-12)18-13-7-4-8-14-16(13)21-10-9-20-14;/h1-8,17H,9-11H2,(H,18,19);1H. The van der Waals surface area contributed by atoms with E-state index in [1.54, 1.807) is 6.07 Å². The van der Waals surface area contributed by atoms with Gasteiger partial charge in [-0.05, 0) is 24.3 Å². The Morgan fingerprint density at radius 2 is 1.77 bits per heavy atom. The number of para-hydroxylation sites is 2. The van der Waals surface area contributed by atoms with Gasteiger partial charge in [0.25, 0.3) is 0 Å². The normalized spacial score (nSPS) is 12.0. The quantitative estimate of drug-likeness (QED) is 0.909. The van der Waals surface area contributed by atoms with Gasteiger partial charge < -0.3 is 20.1 Å². The Kier molecular flexibility index (Phi) is 5.49. The van der Waals surface area contributed by atoms with Gasteiger partial charge in [0.15, 0.2) is 11.5 Å². The van der Waals surface area contributed by atoms with Crippen LogP contribution in [0.5, 0.6) is 11.5 Å². The molecule has 0 spiro atoms. The zero-order valence-corrected chi connectivity index (χ0v) is 12.7. The minimum atomic E-state index is -0.138. The van der Waals surface area contributed by atoms with E-state index in [1.807, 2.05) is 42.5 Å². The van der Waals surface area contributed by atoms with Crippen LogP contribution in [0.3, 0.4) is 0 Å². The number of benzene rings is 2. The lowest BCUT2D eigenvalue weighted by Gasteiger charge is -2.21. The lowest BCUT2D eigenvalue weighted by atomic mass is 10.2. The highest BCUT2D eigenvalue weighted by Gasteiger charge is 2.16. The molecule has 116 valence electrons. The molecule has 2 aromatic rings. The van der Waals surface area contributed by atoms with Gasteiger partial charge in [0.2, 0.25) is 5.91 Å². The van der Waals surface area contributed by atoms with Crippen LogP contribution in [0, 0.1) is 0 Å². The van der Waals surface area contributed by atoms with Crippen molar-refractivity contribution in [3.63, 3.8) is 0 Å². The highest BCUT2D eigenvalue weighted by atomic mass is 35.5. The molecule has 6 heteroatoms. The van der Waals surface area contributed by atoms with Gasteiger partial charge in [0.1, 0.15) is 13.2 Å². The van der Waals surface area contributed by atoms with Gasteiger partial charge in [0.05, 0.1) is 12.2 Å². The SMILES string of the molecule is Cl.O=C(CNc1ccccc1)Nc1cccc2c1OCCO2. The summed E-state index contributed by atoms with van der Waals surface area (Å²) < 4.78 is 11.0. The first kappa shape index (κ1) is 16.0. The molecule has 0 atom stereocenters. The molecule has 1 amide bonds. The van der Waals surface area contributed by atoms with Crippen LogP contribution in [0.15, 0.2) is 48.5 Å². The van der Waals surface area contributed by atoms with Crippen molar-refractivity contribution in [1.29, 1.82) is 0 Å². The summed E-state index contributed by atoms with van der Waals surface area (Å²) in [6.45, 7) is 1.21. The number of carbonyl (C=O) groups is 1. The zero-order valence-electron chi connectivity index (χ0n) is 11.9. The fraction of sp³-hybridized carbons (Fsp3) is 0.188. The number of nitrogens with one attached hydrogen (secondary N) is 2. The first-order valence-electron chi connectivity index (χ1n) is 6.80. The summed E-state index contributed by atoms with van der Waals surface area (Å²) >= 11 is 0. The second-order valence-corrected chi connectivity index (χ2v) is 4.60. The summed E-state index contributed by atoms with van der Waals surface area (Å²) in [5.41, 5.74) is 1.54. The van der Waals surface area contributed by atoms with Crippen molar-refractivity contribution >= 4 is 29.7 Å². The van der Waals surface area contributed by atoms with Crippen LogP contribution in [0.1, 0.15) is 0 Å². The number of rotatable bonds is 4. The molecule has 0 saturated carbocycles. The highest BCUT2D eigenvalue weighted by Crippen LogP contribution is 2.37. The second kappa shape index (κ2) is 7.56. The Bertz CT molecular complexity index is 635. The molecule has 0 bridgehead atoms. The van der Waals surface area contributed by atoms with Crippen LogP contribution in [0.2, 0.25) is 0 Å². The number of carbonyl (C=O) groups excluding carboxylic acids is 1. The minimum Gasteiger partial charge on any atom is -0.486 e. The maximum atomic E-state index is 12.0.